The van der Waals surface area contributed by atoms with Gasteiger partial charge in [0.25, 0.3) is 0 Å². The van der Waals surface area contributed by atoms with Crippen molar-refractivity contribution in [2.75, 3.05) is 14.2 Å². The van der Waals surface area contributed by atoms with Gasteiger partial charge >= 0.3 is 11.9 Å². The molecule has 0 aliphatic heterocycles. The van der Waals surface area contributed by atoms with Gasteiger partial charge in [-0.3, -0.25) is 0 Å². The minimum absolute atomic E-state index is 0.420. The van der Waals surface area contributed by atoms with Crippen LogP contribution in [-0.4, -0.2) is 26.2 Å². The molecule has 4 nitrogen and oxygen atoms in total. The van der Waals surface area contributed by atoms with Crippen molar-refractivity contribution in [2.24, 2.45) is 0 Å². The summed E-state index contributed by atoms with van der Waals surface area (Å²) >= 11 is 1.35. The van der Waals surface area contributed by atoms with Crippen molar-refractivity contribution in [3.63, 3.8) is 0 Å². The van der Waals surface area contributed by atoms with Crippen molar-refractivity contribution in [3.05, 3.63) is 33.3 Å². The average Bonchev–Trinajstić information content (AvgIpc) is 2.77. The number of hydrogen-bond acceptors (Lipinski definition) is 5. The van der Waals surface area contributed by atoms with Gasteiger partial charge in [0.2, 0.25) is 0 Å². The highest BCUT2D eigenvalue weighted by molar-refractivity contribution is 7.09. The van der Waals surface area contributed by atoms with E-state index in [1.54, 1.807) is 0 Å². The number of carbonyl (C=O) groups is 2. The van der Waals surface area contributed by atoms with Crippen LogP contribution in [0.15, 0.2) is 24.3 Å². The van der Waals surface area contributed by atoms with E-state index in [-0.39, 0.29) is 0 Å². The molecule has 2 aromatic rings. The second-order valence-electron chi connectivity index (χ2n) is 3.71. The van der Waals surface area contributed by atoms with Crippen LogP contribution in [0, 0.1) is 0 Å². The Morgan fingerprint density at radius 2 is 1.37 bits per heavy atom. The highest BCUT2D eigenvalue weighted by Crippen LogP contribution is 2.07. The molecule has 0 N–H and O–H groups in total. The molecule has 0 bridgehead atoms. The van der Waals surface area contributed by atoms with Crippen LogP contribution in [0.25, 0.3) is 22.9 Å². The van der Waals surface area contributed by atoms with E-state index in [0.717, 1.165) is 19.8 Å². The van der Waals surface area contributed by atoms with Crippen molar-refractivity contribution in [3.8, 4) is 0 Å². The molecule has 0 fully saturated rings. The number of ether oxygens (including phenoxy) is 2. The lowest BCUT2D eigenvalue weighted by atomic mass is 10.2. The van der Waals surface area contributed by atoms with Crippen LogP contribution in [0.3, 0.4) is 0 Å². The molecule has 0 saturated heterocycles. The average molecular weight is 276 g/mol. The van der Waals surface area contributed by atoms with E-state index in [4.69, 9.17) is 0 Å². The molecule has 0 spiro atoms. The van der Waals surface area contributed by atoms with Gasteiger partial charge in [-0.1, -0.05) is 24.3 Å². The Balaban J connectivity index is 2.75. The summed E-state index contributed by atoms with van der Waals surface area (Å²) in [4.78, 5) is 22.7. The molecule has 19 heavy (non-hydrogen) atoms. The predicted octanol–water partition coefficient (Wildman–Crippen LogP) is 0.808. The number of fused-ring (bicyclic) bond motifs is 1. The molecule has 5 heteroatoms. The Kier molecular flexibility index (Phi) is 3.97. The second-order valence-corrected chi connectivity index (χ2v) is 4.79. The Labute approximate surface area is 113 Å². The molecule has 0 aliphatic carbocycles. The summed E-state index contributed by atoms with van der Waals surface area (Å²) in [6.07, 6.45) is 2.84. The molecule has 1 aromatic carbocycles. The molecule has 1 heterocycles. The van der Waals surface area contributed by atoms with E-state index in [2.05, 4.69) is 9.47 Å². The fourth-order valence-corrected chi connectivity index (χ4v) is 2.81. The summed E-state index contributed by atoms with van der Waals surface area (Å²) in [5, 5.41) is 1.82. The smallest absolute Gasteiger partial charge is 0.331 e. The number of hydrogen-bond donors (Lipinski definition) is 0. The summed E-state index contributed by atoms with van der Waals surface area (Å²) in [7, 11) is 2.66. The highest BCUT2D eigenvalue weighted by Gasteiger charge is 2.04. The van der Waals surface area contributed by atoms with Gasteiger partial charge in [-0.2, -0.15) is 0 Å². The molecular weight excluding hydrogens is 264 g/mol. The second kappa shape index (κ2) is 5.67. The molecule has 98 valence electrons. The minimum atomic E-state index is -0.420. The van der Waals surface area contributed by atoms with Crippen molar-refractivity contribution < 1.29 is 19.1 Å². The Bertz CT molecular complexity index is 680. The zero-order valence-electron chi connectivity index (χ0n) is 10.5. The Morgan fingerprint density at radius 1 is 0.947 bits per heavy atom. The monoisotopic (exact) mass is 276 g/mol. The quantitative estimate of drug-likeness (QED) is 0.762. The molecule has 1 aromatic heterocycles. The van der Waals surface area contributed by atoms with Gasteiger partial charge in [0, 0.05) is 32.0 Å². The zero-order valence-corrected chi connectivity index (χ0v) is 11.3. The number of thiophene rings is 1. The predicted molar refractivity (Wildman–Crippen MR) is 74.0 cm³/mol. The number of carbonyl (C=O) groups excluding carboxylic acids is 2. The van der Waals surface area contributed by atoms with Crippen molar-refractivity contribution in [1.82, 2.24) is 0 Å². The van der Waals surface area contributed by atoms with Crippen molar-refractivity contribution >= 4 is 46.2 Å². The summed E-state index contributed by atoms with van der Waals surface area (Å²) in [6.45, 7) is 0. The number of esters is 2. The molecule has 0 radical (unpaired) electrons. The van der Waals surface area contributed by atoms with E-state index >= 15 is 0 Å². The number of rotatable bonds is 2. The molecule has 0 amide bonds. The van der Waals surface area contributed by atoms with Gasteiger partial charge in [0.1, 0.15) is 0 Å². The van der Waals surface area contributed by atoms with Crippen LogP contribution in [0.4, 0.5) is 0 Å². The fourth-order valence-electron chi connectivity index (χ4n) is 1.69. The lowest BCUT2D eigenvalue weighted by molar-refractivity contribution is -0.134. The van der Waals surface area contributed by atoms with Crippen LogP contribution in [0.1, 0.15) is 0 Å². The maximum Gasteiger partial charge on any atom is 0.331 e. The van der Waals surface area contributed by atoms with Crippen molar-refractivity contribution in [1.29, 1.82) is 0 Å². The van der Waals surface area contributed by atoms with E-state index in [1.807, 2.05) is 24.3 Å². The number of benzene rings is 1. The van der Waals surface area contributed by atoms with Gasteiger partial charge < -0.3 is 9.47 Å². The first-order valence-electron chi connectivity index (χ1n) is 5.52. The summed E-state index contributed by atoms with van der Waals surface area (Å²) in [6, 6.07) is 7.56. The fraction of sp³-hybridized carbons (Fsp3) is 0.143. The first-order chi connectivity index (χ1) is 9.15. The Hall–Kier alpha value is -2.14. The lowest BCUT2D eigenvalue weighted by Gasteiger charge is -1.90. The van der Waals surface area contributed by atoms with Crippen LogP contribution < -0.4 is 9.06 Å². The third kappa shape index (κ3) is 2.82. The van der Waals surface area contributed by atoms with Gasteiger partial charge in [-0.05, 0) is 0 Å². The van der Waals surface area contributed by atoms with Gasteiger partial charge in [-0.25, -0.2) is 9.59 Å². The van der Waals surface area contributed by atoms with E-state index in [1.165, 1.54) is 37.7 Å². The minimum Gasteiger partial charge on any atom is -0.466 e. The zero-order chi connectivity index (χ0) is 13.8. The van der Waals surface area contributed by atoms with Crippen LogP contribution in [0.5, 0.6) is 0 Å². The highest BCUT2D eigenvalue weighted by atomic mass is 32.1. The third-order valence-corrected chi connectivity index (χ3v) is 3.69. The molecule has 0 unspecified atom stereocenters. The van der Waals surface area contributed by atoms with E-state index in [0.29, 0.717) is 0 Å². The molecule has 2 rings (SSSR count). The summed E-state index contributed by atoms with van der Waals surface area (Å²) in [5.74, 6) is -0.840. The van der Waals surface area contributed by atoms with Gasteiger partial charge in [-0.15, -0.1) is 11.3 Å². The van der Waals surface area contributed by atoms with Crippen LogP contribution in [-0.2, 0) is 19.1 Å². The molecule has 0 atom stereocenters. The van der Waals surface area contributed by atoms with Gasteiger partial charge in [0.05, 0.1) is 14.2 Å². The first kappa shape index (κ1) is 13.3. The van der Waals surface area contributed by atoms with Crippen LogP contribution in [0.2, 0.25) is 0 Å². The maximum absolute atomic E-state index is 11.3. The topological polar surface area (TPSA) is 52.6 Å². The molecular formula is C14H12O4S. The SMILES string of the molecule is COC(=O)/C=c1\s/c(=C\C(=O)OC)c2ccccc12. The van der Waals surface area contributed by atoms with E-state index in [9.17, 15) is 9.59 Å². The largest absolute Gasteiger partial charge is 0.466 e. The van der Waals surface area contributed by atoms with Crippen LogP contribution >= 0.6 is 11.3 Å². The maximum atomic E-state index is 11.3. The Morgan fingerprint density at radius 3 is 1.74 bits per heavy atom. The third-order valence-electron chi connectivity index (χ3n) is 2.58. The molecule has 0 aliphatic rings. The lowest BCUT2D eigenvalue weighted by Crippen LogP contribution is -2.04. The summed E-state index contributed by atoms with van der Waals surface area (Å²) < 4.78 is 10.8. The standard InChI is InChI=1S/C14H12O4S/c1-17-13(15)7-11-9-5-3-4-6-10(9)12(19-11)8-14(16)18-2/h3-8H,1-2H3/b11-7-,12-8-. The normalized spacial score (nSPS) is 12.7. The first-order valence-corrected chi connectivity index (χ1v) is 6.34. The molecule has 0 saturated carbocycles. The van der Waals surface area contributed by atoms with Crippen molar-refractivity contribution in [2.45, 2.75) is 0 Å². The van der Waals surface area contributed by atoms with Gasteiger partial charge in [0.15, 0.2) is 0 Å². The summed E-state index contributed by atoms with van der Waals surface area (Å²) in [5.41, 5.74) is 0. The van der Waals surface area contributed by atoms with E-state index < -0.39 is 11.9 Å². The number of methoxy groups -OCH3 is 2.